The van der Waals surface area contributed by atoms with Gasteiger partial charge < -0.3 is 5.73 Å². The number of rotatable bonds is 8. The molecule has 1 amide bonds. The lowest BCUT2D eigenvalue weighted by molar-refractivity contribution is -0.136. The van der Waals surface area contributed by atoms with Crippen molar-refractivity contribution < 1.29 is 18.0 Å². The molecule has 0 aliphatic rings. The molecular weight excluding hydrogens is 522 g/mol. The van der Waals surface area contributed by atoms with Crippen molar-refractivity contribution >= 4 is 29.1 Å². The molecule has 0 aliphatic heterocycles. The molecule has 2 heterocycles. The number of nitrogens with two attached hydrogens (primary N) is 1. The maximum Gasteiger partial charge on any atom is 0.390 e. The van der Waals surface area contributed by atoms with Gasteiger partial charge in [0.05, 0.1) is 11.4 Å². The van der Waals surface area contributed by atoms with Gasteiger partial charge in [-0.2, -0.15) is 18.3 Å². The van der Waals surface area contributed by atoms with Crippen LogP contribution in [0.3, 0.4) is 0 Å². The number of primary amides is 1. The average molecular weight is 540 g/mol. The average Bonchev–Trinajstić information content (AvgIpc) is 3.33. The molecule has 0 bridgehead atoms. The Labute approximate surface area is 211 Å². The van der Waals surface area contributed by atoms with E-state index in [4.69, 9.17) is 28.9 Å². The lowest BCUT2D eigenvalue weighted by Gasteiger charge is -2.08. The summed E-state index contributed by atoms with van der Waals surface area (Å²) in [6.07, 6.45) is -5.71. The number of amides is 1. The highest BCUT2D eigenvalue weighted by Gasteiger charge is 2.29. The van der Waals surface area contributed by atoms with Crippen LogP contribution < -0.4 is 11.4 Å². The van der Waals surface area contributed by atoms with Gasteiger partial charge in [-0.1, -0.05) is 35.3 Å². The topological polar surface area (TPSA) is 114 Å². The van der Waals surface area contributed by atoms with Crippen LogP contribution in [0.2, 0.25) is 10.0 Å². The lowest BCUT2D eigenvalue weighted by atomic mass is 10.2. The van der Waals surface area contributed by atoms with E-state index in [2.05, 4.69) is 15.2 Å². The Balaban J connectivity index is 1.77. The fraction of sp³-hybridized carbons (Fsp3) is 0.227. The van der Waals surface area contributed by atoms with Crippen LogP contribution in [0.25, 0.3) is 22.8 Å². The molecule has 188 valence electrons. The zero-order valence-corrected chi connectivity index (χ0v) is 19.9. The minimum atomic E-state index is -4.48. The standard InChI is InChI=1S/C22H18Cl2F3N7O2/c23-14-7-5-13(6-8-14)20-31-34(21(36)32(20)10-9-22(25,26)27)12-18-29-19(30-33(18)11-17(28)35)15-3-1-2-4-16(15)24/h1-8H,9-12H2,(H2,28,35). The number of aromatic nitrogens is 6. The van der Waals surface area contributed by atoms with Gasteiger partial charge in [0.25, 0.3) is 0 Å². The molecule has 9 nitrogen and oxygen atoms in total. The molecule has 0 aliphatic carbocycles. The predicted octanol–water partition coefficient (Wildman–Crippen LogP) is 3.76. The summed E-state index contributed by atoms with van der Waals surface area (Å²) in [5.74, 6) is -0.377. The molecule has 0 fully saturated rings. The number of benzene rings is 2. The summed E-state index contributed by atoms with van der Waals surface area (Å²) in [6.45, 7) is -1.28. The van der Waals surface area contributed by atoms with E-state index in [1.807, 2.05) is 0 Å². The van der Waals surface area contributed by atoms with Crippen LogP contribution in [-0.4, -0.2) is 41.2 Å². The van der Waals surface area contributed by atoms with Crippen LogP contribution in [0, 0.1) is 0 Å². The van der Waals surface area contributed by atoms with Crippen LogP contribution in [0.1, 0.15) is 12.2 Å². The van der Waals surface area contributed by atoms with Gasteiger partial charge in [0.1, 0.15) is 18.9 Å². The van der Waals surface area contributed by atoms with Crippen molar-refractivity contribution in [2.24, 2.45) is 5.73 Å². The normalized spacial score (nSPS) is 11.7. The second-order valence-electron chi connectivity index (χ2n) is 7.74. The highest BCUT2D eigenvalue weighted by atomic mass is 35.5. The number of nitrogens with zero attached hydrogens (tertiary/aromatic N) is 6. The third kappa shape index (κ3) is 5.77. The first-order chi connectivity index (χ1) is 17.0. The summed E-state index contributed by atoms with van der Waals surface area (Å²) in [5.41, 5.74) is 5.41. The molecule has 0 saturated carbocycles. The molecule has 14 heteroatoms. The van der Waals surface area contributed by atoms with E-state index >= 15 is 0 Å². The molecule has 0 saturated heterocycles. The van der Waals surface area contributed by atoms with E-state index in [0.29, 0.717) is 21.2 Å². The predicted molar refractivity (Wildman–Crippen MR) is 126 cm³/mol. The Morgan fingerprint density at radius 2 is 1.69 bits per heavy atom. The van der Waals surface area contributed by atoms with Crippen LogP contribution in [0.4, 0.5) is 13.2 Å². The van der Waals surface area contributed by atoms with Gasteiger partial charge in [0, 0.05) is 22.7 Å². The first-order valence-corrected chi connectivity index (χ1v) is 11.2. The van der Waals surface area contributed by atoms with Crippen LogP contribution >= 0.6 is 23.2 Å². The van der Waals surface area contributed by atoms with Gasteiger partial charge in [0.2, 0.25) is 5.91 Å². The Morgan fingerprint density at radius 3 is 2.33 bits per heavy atom. The van der Waals surface area contributed by atoms with Gasteiger partial charge >= 0.3 is 11.9 Å². The first kappa shape index (κ1) is 25.5. The van der Waals surface area contributed by atoms with Crippen molar-refractivity contribution in [2.45, 2.75) is 32.2 Å². The fourth-order valence-electron chi connectivity index (χ4n) is 3.45. The van der Waals surface area contributed by atoms with Crippen LogP contribution in [-0.2, 0) is 24.4 Å². The molecule has 4 aromatic rings. The van der Waals surface area contributed by atoms with Gasteiger partial charge in [-0.15, -0.1) is 5.10 Å². The van der Waals surface area contributed by atoms with E-state index < -0.39 is 30.7 Å². The summed E-state index contributed by atoms with van der Waals surface area (Å²) in [4.78, 5) is 29.1. The van der Waals surface area contributed by atoms with Gasteiger partial charge in [-0.3, -0.25) is 9.36 Å². The highest BCUT2D eigenvalue weighted by molar-refractivity contribution is 6.33. The third-order valence-corrected chi connectivity index (χ3v) is 5.69. The number of alkyl halides is 3. The molecule has 0 radical (unpaired) electrons. The van der Waals surface area contributed by atoms with Gasteiger partial charge in [0.15, 0.2) is 11.6 Å². The molecule has 2 aromatic heterocycles. The molecule has 0 atom stereocenters. The molecule has 2 aromatic carbocycles. The Hall–Kier alpha value is -3.64. The molecule has 2 N–H and O–H groups in total. The maximum atomic E-state index is 13.1. The largest absolute Gasteiger partial charge is 0.390 e. The zero-order valence-electron chi connectivity index (χ0n) is 18.4. The Kier molecular flexibility index (Phi) is 7.18. The third-order valence-electron chi connectivity index (χ3n) is 5.10. The number of halogens is 5. The summed E-state index contributed by atoms with van der Waals surface area (Å²) < 4.78 is 41.9. The summed E-state index contributed by atoms with van der Waals surface area (Å²) >= 11 is 12.2. The summed E-state index contributed by atoms with van der Waals surface area (Å²) in [7, 11) is 0. The molecule has 0 spiro atoms. The quantitative estimate of drug-likeness (QED) is 0.366. The van der Waals surface area contributed by atoms with E-state index in [0.717, 1.165) is 9.25 Å². The van der Waals surface area contributed by atoms with E-state index in [1.165, 1.54) is 16.8 Å². The number of carbonyl (C=O) groups is 1. The zero-order chi connectivity index (χ0) is 26.0. The van der Waals surface area contributed by atoms with E-state index in [9.17, 15) is 22.8 Å². The van der Waals surface area contributed by atoms with E-state index in [-0.39, 0.29) is 30.6 Å². The van der Waals surface area contributed by atoms with Crippen molar-refractivity contribution in [3.05, 3.63) is 74.9 Å². The van der Waals surface area contributed by atoms with Crippen molar-refractivity contribution in [1.29, 1.82) is 0 Å². The summed E-state index contributed by atoms with van der Waals surface area (Å²) in [5, 5.41) is 9.31. The van der Waals surface area contributed by atoms with E-state index in [1.54, 1.807) is 36.4 Å². The maximum absolute atomic E-state index is 13.1. The van der Waals surface area contributed by atoms with Crippen molar-refractivity contribution in [2.75, 3.05) is 0 Å². The van der Waals surface area contributed by atoms with Crippen LogP contribution in [0.15, 0.2) is 53.3 Å². The van der Waals surface area contributed by atoms with Crippen molar-refractivity contribution in [3.8, 4) is 22.8 Å². The number of hydrogen-bond donors (Lipinski definition) is 1. The number of hydrogen-bond acceptors (Lipinski definition) is 5. The van der Waals surface area contributed by atoms with Gasteiger partial charge in [-0.25, -0.2) is 19.1 Å². The minimum Gasteiger partial charge on any atom is -0.368 e. The molecule has 4 rings (SSSR count). The highest BCUT2D eigenvalue weighted by Crippen LogP contribution is 2.26. The first-order valence-electron chi connectivity index (χ1n) is 10.5. The monoisotopic (exact) mass is 539 g/mol. The molecule has 36 heavy (non-hydrogen) atoms. The number of carbonyl (C=O) groups excluding carboxylic acids is 1. The SMILES string of the molecule is NC(=O)Cn1nc(-c2ccccc2Cl)nc1Cn1nc(-c2ccc(Cl)cc2)n(CCC(F)(F)F)c1=O. The van der Waals surface area contributed by atoms with Crippen molar-refractivity contribution in [1.82, 2.24) is 29.1 Å². The van der Waals surface area contributed by atoms with Crippen LogP contribution in [0.5, 0.6) is 0 Å². The van der Waals surface area contributed by atoms with Gasteiger partial charge in [-0.05, 0) is 36.4 Å². The Bertz CT molecular complexity index is 1460. The molecule has 0 unspecified atom stereocenters. The minimum absolute atomic E-state index is 0.0215. The van der Waals surface area contributed by atoms with Crippen molar-refractivity contribution in [3.63, 3.8) is 0 Å². The fourth-order valence-corrected chi connectivity index (χ4v) is 3.80. The molecular formula is C22H18Cl2F3N7O2. The second-order valence-corrected chi connectivity index (χ2v) is 8.59. The second kappa shape index (κ2) is 10.2. The summed E-state index contributed by atoms with van der Waals surface area (Å²) in [6, 6.07) is 12.9. The Morgan fingerprint density at radius 1 is 1.00 bits per heavy atom. The smallest absolute Gasteiger partial charge is 0.368 e. The lowest BCUT2D eigenvalue weighted by Crippen LogP contribution is -2.29.